The van der Waals surface area contributed by atoms with Crippen LogP contribution in [-0.4, -0.2) is 59.0 Å². The molecule has 0 aliphatic rings. The number of hydrogen-bond donors (Lipinski definition) is 1. The zero-order valence-corrected chi connectivity index (χ0v) is 37.5. The maximum absolute atomic E-state index is 13.0. The Kier molecular flexibility index (Phi) is 20.5. The van der Waals surface area contributed by atoms with Gasteiger partial charge in [-0.1, -0.05) is 123 Å². The van der Waals surface area contributed by atoms with E-state index in [0.717, 1.165) is 76.2 Å². The molecular weight excluding hydrogens is 737 g/mol. The van der Waals surface area contributed by atoms with Crippen LogP contribution in [0.4, 0.5) is 0 Å². The fourth-order valence-corrected chi connectivity index (χ4v) is 6.61. The average molecular weight is 803 g/mol. The van der Waals surface area contributed by atoms with Gasteiger partial charge in [0.2, 0.25) is 0 Å². The molecule has 2 amide bonds. The first-order valence-corrected chi connectivity index (χ1v) is 20.7. The highest BCUT2D eigenvalue weighted by Gasteiger charge is 2.26. The summed E-state index contributed by atoms with van der Waals surface area (Å²) < 4.78 is 0. The minimum Gasteiger partial charge on any atom is -0.300 e. The smallest absolute Gasteiger partial charge is 0.300 e. The first-order valence-electron chi connectivity index (χ1n) is 20.7. The van der Waals surface area contributed by atoms with Crippen molar-refractivity contribution in [1.29, 1.82) is 0 Å². The number of rotatable bonds is 15. The average Bonchev–Trinajstić information content (AvgIpc) is 3.21. The van der Waals surface area contributed by atoms with Crippen molar-refractivity contribution in [3.05, 3.63) is 140 Å². The lowest BCUT2D eigenvalue weighted by molar-refractivity contribution is -0.125. The van der Waals surface area contributed by atoms with Gasteiger partial charge in [0.1, 0.15) is 5.78 Å². The van der Waals surface area contributed by atoms with Gasteiger partial charge in [-0.15, -0.1) is 0 Å². The van der Waals surface area contributed by atoms with E-state index in [1.165, 1.54) is 34.3 Å². The van der Waals surface area contributed by atoms with Crippen molar-refractivity contribution in [3.63, 3.8) is 0 Å². The maximum Gasteiger partial charge on any atom is 0.314 e. The summed E-state index contributed by atoms with van der Waals surface area (Å²) in [4.78, 5) is 60.4. The van der Waals surface area contributed by atoms with Crippen LogP contribution in [0.15, 0.2) is 77.9 Å². The summed E-state index contributed by atoms with van der Waals surface area (Å²) in [5.74, 6) is 3.35. The van der Waals surface area contributed by atoms with Crippen LogP contribution < -0.4 is 5.84 Å². The zero-order chi connectivity index (χ0) is 44.4. The standard InChI is InChI=1S/C25H32N2O2.C14H20N2O2.C11H14O/c1-7-21-15-18(4)16-22(8-2)23(21)24(28)25(29)27(6)26-19(5)11-14-20-12-9-17(3)10-13-20;1-5-10-7-9(3)8-11(6-2)12(10)13(17)14(18)16(4)15;1-9-3-6-11(7-4-9)8-5-10(2)12/h9-10,12-13,15-16H,7-8,11,14H2,1-6H3;7-8H,5-6,15H2,1-4H3;3-4,6-7H,5,8H2,1-2H3. The Hall–Kier alpha value is -5.54. The van der Waals surface area contributed by atoms with Gasteiger partial charge in [0.25, 0.3) is 11.6 Å². The molecule has 0 aliphatic heterocycles. The van der Waals surface area contributed by atoms with E-state index in [1.54, 1.807) is 14.0 Å². The van der Waals surface area contributed by atoms with Gasteiger partial charge in [-0.25, -0.2) is 10.9 Å². The molecule has 0 atom stereocenters. The third kappa shape index (κ3) is 15.6. The summed E-state index contributed by atoms with van der Waals surface area (Å²) in [5, 5.41) is 6.38. The number of carbonyl (C=O) groups is 5. The van der Waals surface area contributed by atoms with Crippen LogP contribution in [0, 0.1) is 27.7 Å². The van der Waals surface area contributed by atoms with Gasteiger partial charge < -0.3 is 4.79 Å². The van der Waals surface area contributed by atoms with Crippen LogP contribution >= 0.6 is 0 Å². The first-order chi connectivity index (χ1) is 27.9. The highest BCUT2D eigenvalue weighted by Crippen LogP contribution is 2.22. The molecule has 0 aliphatic carbocycles. The Balaban J connectivity index is 0.000000339. The van der Waals surface area contributed by atoms with Crippen molar-refractivity contribution in [1.82, 2.24) is 10.0 Å². The van der Waals surface area contributed by atoms with Gasteiger partial charge in [0.15, 0.2) is 0 Å². The molecule has 316 valence electrons. The molecule has 9 nitrogen and oxygen atoms in total. The van der Waals surface area contributed by atoms with E-state index in [4.69, 9.17) is 5.84 Å². The summed E-state index contributed by atoms with van der Waals surface area (Å²) in [5.41, 5.74) is 12.8. The molecule has 0 radical (unpaired) electrons. The number of likely N-dealkylation sites (N-methyl/N-ethyl adjacent to an activating group) is 2. The van der Waals surface area contributed by atoms with Crippen LogP contribution in [0.5, 0.6) is 0 Å². The summed E-state index contributed by atoms with van der Waals surface area (Å²) in [6.45, 7) is 19.6. The number of nitrogens with zero attached hydrogens (tertiary/aromatic N) is 3. The fraction of sp³-hybridized carbons (Fsp3) is 0.400. The molecule has 0 fully saturated rings. The molecule has 59 heavy (non-hydrogen) atoms. The topological polar surface area (TPSA) is 130 Å². The predicted octanol–water partition coefficient (Wildman–Crippen LogP) is 9.23. The molecule has 4 aromatic carbocycles. The van der Waals surface area contributed by atoms with Crippen molar-refractivity contribution in [2.24, 2.45) is 10.9 Å². The third-order valence-corrected chi connectivity index (χ3v) is 9.98. The van der Waals surface area contributed by atoms with Crippen molar-refractivity contribution in [2.45, 2.75) is 121 Å². The lowest BCUT2D eigenvalue weighted by Crippen LogP contribution is -2.39. The second-order valence-electron chi connectivity index (χ2n) is 15.2. The van der Waals surface area contributed by atoms with E-state index >= 15 is 0 Å². The molecule has 0 saturated heterocycles. The van der Waals surface area contributed by atoms with Gasteiger partial charge >= 0.3 is 11.8 Å². The molecule has 0 bridgehead atoms. The Morgan fingerprint density at radius 3 is 1.19 bits per heavy atom. The monoisotopic (exact) mass is 803 g/mol. The van der Waals surface area contributed by atoms with Gasteiger partial charge in [-0.05, 0) is 120 Å². The van der Waals surface area contributed by atoms with Crippen molar-refractivity contribution >= 4 is 34.9 Å². The van der Waals surface area contributed by atoms with Gasteiger partial charge in [0, 0.05) is 37.4 Å². The molecule has 0 saturated carbocycles. The largest absolute Gasteiger partial charge is 0.314 e. The normalized spacial score (nSPS) is 10.8. The lowest BCUT2D eigenvalue weighted by Gasteiger charge is -2.16. The number of carbonyl (C=O) groups excluding carboxylic acids is 5. The predicted molar refractivity (Wildman–Crippen MR) is 241 cm³/mol. The number of hydrazine groups is 1. The van der Waals surface area contributed by atoms with E-state index in [9.17, 15) is 24.0 Å². The molecule has 0 heterocycles. The Morgan fingerprint density at radius 1 is 0.525 bits per heavy atom. The minimum absolute atomic E-state index is 0.260. The SMILES string of the molecule is CC(=O)CCc1ccc(C)cc1.CCc1cc(C)cc(CC)c1C(=O)C(=O)N(C)N.CCc1cc(C)cc(CC)c1C(=O)C(=O)N(C)N=C(C)CCc1ccc(C)cc1. The van der Waals surface area contributed by atoms with Gasteiger partial charge in [-0.3, -0.25) is 24.2 Å². The molecule has 9 heteroatoms. The molecule has 0 unspecified atom stereocenters. The summed E-state index contributed by atoms with van der Waals surface area (Å²) in [6.07, 6.45) is 5.98. The quantitative estimate of drug-likeness (QED) is 0.0319. The first kappa shape index (κ1) is 49.6. The molecule has 0 spiro atoms. The number of ketones is 3. The van der Waals surface area contributed by atoms with E-state index < -0.39 is 23.4 Å². The second-order valence-corrected chi connectivity index (χ2v) is 15.2. The highest BCUT2D eigenvalue weighted by molar-refractivity contribution is 6.43. The second kappa shape index (κ2) is 24.4. The summed E-state index contributed by atoms with van der Waals surface area (Å²) >= 11 is 0. The number of nitrogens with two attached hydrogens (primary N) is 1. The number of benzene rings is 4. The number of Topliss-reactive ketones (excluding diaryl/α,β-unsaturated/α-hetero) is 3. The molecule has 0 aromatic heterocycles. The number of amides is 2. The Labute approximate surface area is 353 Å². The van der Waals surface area contributed by atoms with Crippen molar-refractivity contribution < 1.29 is 24.0 Å². The minimum atomic E-state index is -0.678. The third-order valence-electron chi connectivity index (χ3n) is 9.98. The van der Waals surface area contributed by atoms with Crippen LogP contribution in [0.3, 0.4) is 0 Å². The zero-order valence-electron chi connectivity index (χ0n) is 37.5. The number of aryl methyl sites for hydroxylation is 10. The van der Waals surface area contributed by atoms with Crippen LogP contribution in [0.2, 0.25) is 0 Å². The number of hydrazone groups is 1. The Bertz CT molecular complexity index is 2050. The van der Waals surface area contributed by atoms with Crippen LogP contribution in [0.25, 0.3) is 0 Å². The molecule has 4 aromatic rings. The molecule has 2 N–H and O–H groups in total. The lowest BCUT2D eigenvalue weighted by atomic mass is 9.92. The van der Waals surface area contributed by atoms with Crippen LogP contribution in [-0.2, 0) is 52.9 Å². The van der Waals surface area contributed by atoms with Crippen molar-refractivity contribution in [3.8, 4) is 0 Å². The van der Waals surface area contributed by atoms with Gasteiger partial charge in [-0.2, -0.15) is 5.10 Å². The molecular formula is C50H66N4O5. The number of hydrogen-bond acceptors (Lipinski definition) is 7. The molecule has 4 rings (SSSR count). The van der Waals surface area contributed by atoms with Crippen molar-refractivity contribution in [2.75, 3.05) is 14.1 Å². The summed E-state index contributed by atoms with van der Waals surface area (Å²) in [6, 6.07) is 24.6. The fourth-order valence-electron chi connectivity index (χ4n) is 6.61. The van der Waals surface area contributed by atoms with E-state index in [1.807, 2.05) is 72.7 Å². The Morgan fingerprint density at radius 2 is 0.864 bits per heavy atom. The van der Waals surface area contributed by atoms with Gasteiger partial charge in [0.05, 0.1) is 0 Å². The van der Waals surface area contributed by atoms with Crippen LogP contribution in [0.1, 0.15) is 131 Å². The maximum atomic E-state index is 13.0. The highest BCUT2D eigenvalue weighted by atomic mass is 16.2. The van der Waals surface area contributed by atoms with E-state index in [0.29, 0.717) is 30.4 Å². The van der Waals surface area contributed by atoms with E-state index in [-0.39, 0.29) is 5.78 Å². The van der Waals surface area contributed by atoms with E-state index in [2.05, 4.69) is 67.5 Å². The summed E-state index contributed by atoms with van der Waals surface area (Å²) in [7, 11) is 2.94.